The summed E-state index contributed by atoms with van der Waals surface area (Å²) in [4.78, 5) is 0. The van der Waals surface area contributed by atoms with Crippen molar-refractivity contribution in [2.45, 2.75) is 32.2 Å². The predicted molar refractivity (Wildman–Crippen MR) is 76.7 cm³/mol. The van der Waals surface area contributed by atoms with E-state index >= 15 is 0 Å². The Labute approximate surface area is 139 Å². The number of nitrogens with one attached hydrogen (secondary N) is 1. The molecular formula is C15H25NO3. The normalized spacial score (nSPS) is 32.4. The number of aliphatic hydroxyl groups is 1. The summed E-state index contributed by atoms with van der Waals surface area (Å²) in [5.74, 6) is -0.425. The molecule has 2 N–H and O–H groups in total. The number of ether oxygens (including phenoxy) is 2. The summed E-state index contributed by atoms with van der Waals surface area (Å²) >= 11 is 0. The Morgan fingerprint density at radius 1 is 1.42 bits per heavy atom. The van der Waals surface area contributed by atoms with Crippen LogP contribution in [-0.2, 0) is 11.1 Å². The fraction of sp³-hybridized carbons (Fsp3) is 0.600. The maximum atomic E-state index is 10.3. The van der Waals surface area contributed by atoms with Gasteiger partial charge in [0, 0.05) is 31.9 Å². The van der Waals surface area contributed by atoms with Crippen LogP contribution in [0.15, 0.2) is 24.3 Å². The third-order valence-electron chi connectivity index (χ3n) is 1.82. The zero-order valence-corrected chi connectivity index (χ0v) is 9.78. The molecule has 1 aromatic rings. The second-order valence-electron chi connectivity index (χ2n) is 3.23. The number of methoxy groups -OCH3 is 1. The number of rotatable bonds is 9. The van der Waals surface area contributed by atoms with E-state index in [0.29, 0.717) is 0 Å². The van der Waals surface area contributed by atoms with Gasteiger partial charge in [-0.05, 0) is 24.1 Å². The highest BCUT2D eigenvalue weighted by molar-refractivity contribution is 5.27. The van der Waals surface area contributed by atoms with E-state index in [9.17, 15) is 5.11 Å². The van der Waals surface area contributed by atoms with Crippen LogP contribution in [0.3, 0.4) is 0 Å². The number of hydrogen-bond acceptors (Lipinski definition) is 4. The third-order valence-corrected chi connectivity index (χ3v) is 1.82. The number of hydrogen-bond donors (Lipinski definition) is 2. The van der Waals surface area contributed by atoms with Crippen molar-refractivity contribution < 1.29 is 37.9 Å². The van der Waals surface area contributed by atoms with Gasteiger partial charge in [0.25, 0.3) is 0 Å². The molecule has 1 rings (SSSR count). The van der Waals surface area contributed by atoms with Gasteiger partial charge in [0.05, 0.1) is 17.5 Å². The molecule has 0 aliphatic rings. The molecule has 1 aromatic carbocycles. The first kappa shape index (κ1) is 4.20. The molecule has 0 saturated heterocycles. The minimum absolute atomic E-state index is 0.425. The van der Waals surface area contributed by atoms with E-state index < -0.39 is 70.2 Å². The largest absolute Gasteiger partial charge is 0.491 e. The fourth-order valence-corrected chi connectivity index (χ4v) is 1.02. The van der Waals surface area contributed by atoms with E-state index in [1.54, 1.807) is 5.32 Å². The molecule has 1 unspecified atom stereocenters. The van der Waals surface area contributed by atoms with E-state index in [-0.39, 0.29) is 0 Å². The standard InChI is InChI=1S/C15H25NO3/c1-12(2)16-10-14(17)11-19-15-6-4-13(5-7-15)8-9-18-3/h4-7,12,14,16-17H,8-11H2,1-3H3/i1D3,2D3,3D3,8D2,9D2,11D2,12D,14D. The van der Waals surface area contributed by atoms with Crippen molar-refractivity contribution in [2.24, 2.45) is 0 Å². The molecule has 0 amide bonds. The second-order valence-corrected chi connectivity index (χ2v) is 3.23. The van der Waals surface area contributed by atoms with Crippen LogP contribution >= 0.6 is 0 Å². The summed E-state index contributed by atoms with van der Waals surface area (Å²) in [6, 6.07) is 0.296. The lowest BCUT2D eigenvalue weighted by Gasteiger charge is -2.15. The van der Waals surface area contributed by atoms with Gasteiger partial charge in [-0.3, -0.25) is 0 Å². The molecule has 0 bridgehead atoms. The number of aryl methyl sites for hydroxylation is 1. The van der Waals surface area contributed by atoms with Gasteiger partial charge in [0.2, 0.25) is 0 Å². The van der Waals surface area contributed by atoms with Gasteiger partial charge in [-0.1, -0.05) is 25.8 Å². The third kappa shape index (κ3) is 7.15. The first-order valence-corrected chi connectivity index (χ1v) is 5.07. The lowest BCUT2D eigenvalue weighted by Crippen LogP contribution is -2.35. The summed E-state index contributed by atoms with van der Waals surface area (Å²) in [6.45, 7) is -14.9. The average Bonchev–Trinajstić information content (AvgIpc) is 2.62. The Balaban J connectivity index is 3.12. The SMILES string of the molecule is [2H]C([2H])([2H])OC([2H])([2H])C([2H])([2H])c1ccc(OC([2H])([2H])C([2H])(O)CNC([2H])(C([2H])([2H])[2H])C([2H])([2H])[2H])cc1. The Morgan fingerprint density at radius 2 is 2.21 bits per heavy atom. The highest BCUT2D eigenvalue weighted by atomic mass is 16.5. The summed E-state index contributed by atoms with van der Waals surface area (Å²) in [7, 11) is -3.25. The maximum Gasteiger partial charge on any atom is 0.119 e. The lowest BCUT2D eigenvalue weighted by molar-refractivity contribution is 0.104. The molecule has 0 aromatic heterocycles. The Bertz CT molecular complexity index is 875. The molecule has 0 fully saturated rings. The van der Waals surface area contributed by atoms with Gasteiger partial charge in [0.15, 0.2) is 0 Å². The van der Waals surface area contributed by atoms with Crippen molar-refractivity contribution >= 4 is 0 Å². The Hall–Kier alpha value is -1.10. The van der Waals surface area contributed by atoms with Gasteiger partial charge in [-0.25, -0.2) is 0 Å². The molecule has 0 radical (unpaired) electrons. The van der Waals surface area contributed by atoms with Crippen molar-refractivity contribution in [1.29, 1.82) is 0 Å². The zero-order valence-electron chi connectivity index (χ0n) is 26.8. The first-order valence-electron chi connectivity index (χ1n) is 13.6. The van der Waals surface area contributed by atoms with Crippen LogP contribution in [0.2, 0.25) is 0 Å². The molecule has 0 spiro atoms. The zero-order chi connectivity index (χ0) is 28.8. The van der Waals surface area contributed by atoms with Crippen molar-refractivity contribution in [2.75, 3.05) is 26.7 Å². The highest BCUT2D eigenvalue weighted by Crippen LogP contribution is 2.12. The van der Waals surface area contributed by atoms with E-state index in [0.717, 1.165) is 24.3 Å². The molecule has 19 heavy (non-hydrogen) atoms. The average molecular weight is 284 g/mol. The molecule has 0 aliphatic carbocycles. The molecule has 4 nitrogen and oxygen atoms in total. The van der Waals surface area contributed by atoms with E-state index in [2.05, 4.69) is 4.74 Å². The van der Waals surface area contributed by atoms with Crippen molar-refractivity contribution in [3.05, 3.63) is 29.8 Å². The van der Waals surface area contributed by atoms with E-state index in [1.165, 1.54) is 0 Å². The van der Waals surface area contributed by atoms with Gasteiger partial charge in [-0.2, -0.15) is 0 Å². The van der Waals surface area contributed by atoms with Crippen LogP contribution in [0, 0.1) is 0 Å². The summed E-state index contributed by atoms with van der Waals surface area (Å²) in [5, 5.41) is 12.0. The molecule has 0 heterocycles. The van der Waals surface area contributed by atoms with E-state index in [4.69, 9.17) is 28.0 Å². The Morgan fingerprint density at radius 3 is 2.89 bits per heavy atom. The molecule has 0 aliphatic heterocycles. The first-order chi connectivity index (χ1) is 15.6. The topological polar surface area (TPSA) is 50.7 Å². The van der Waals surface area contributed by atoms with Crippen molar-refractivity contribution in [1.82, 2.24) is 5.32 Å². The minimum atomic E-state index is -3.45. The smallest absolute Gasteiger partial charge is 0.119 e. The maximum absolute atomic E-state index is 10.3. The van der Waals surface area contributed by atoms with Crippen LogP contribution in [0.1, 0.15) is 42.6 Å². The fourth-order valence-electron chi connectivity index (χ4n) is 1.02. The van der Waals surface area contributed by atoms with Crippen molar-refractivity contribution in [3.8, 4) is 5.75 Å². The number of benzene rings is 1. The molecular weight excluding hydrogens is 242 g/mol. The Kier molecular flexibility index (Phi) is 1.97. The van der Waals surface area contributed by atoms with Gasteiger partial charge < -0.3 is 19.9 Å². The minimum Gasteiger partial charge on any atom is -0.491 e. The van der Waals surface area contributed by atoms with Crippen molar-refractivity contribution in [3.63, 3.8) is 0 Å². The second kappa shape index (κ2) is 8.91. The summed E-state index contributed by atoms with van der Waals surface area (Å²) < 4.78 is 136. The monoisotopic (exact) mass is 284 g/mol. The predicted octanol–water partition coefficient (Wildman–Crippen LogP) is 1.61. The molecule has 4 heteroatoms. The van der Waals surface area contributed by atoms with Crippen LogP contribution in [0.25, 0.3) is 0 Å². The molecule has 1 atom stereocenters. The van der Waals surface area contributed by atoms with Gasteiger partial charge in [0.1, 0.15) is 18.4 Å². The summed E-state index contributed by atoms with van der Waals surface area (Å²) in [6.07, 6.45) is -6.34. The highest BCUT2D eigenvalue weighted by Gasteiger charge is 2.05. The van der Waals surface area contributed by atoms with Crippen LogP contribution in [0.4, 0.5) is 0 Å². The molecule has 108 valence electrons. The van der Waals surface area contributed by atoms with Gasteiger partial charge in [-0.15, -0.1) is 0 Å². The lowest BCUT2D eigenvalue weighted by atomic mass is 10.1. The quantitative estimate of drug-likeness (QED) is 0.723. The van der Waals surface area contributed by atoms with E-state index in [1.807, 2.05) is 0 Å². The van der Waals surface area contributed by atoms with Crippen LogP contribution < -0.4 is 10.1 Å². The molecule has 0 saturated carbocycles. The summed E-state index contributed by atoms with van der Waals surface area (Å²) in [5.41, 5.74) is -0.429. The van der Waals surface area contributed by atoms with Crippen LogP contribution in [-0.4, -0.2) is 43.9 Å². The van der Waals surface area contributed by atoms with Gasteiger partial charge >= 0.3 is 0 Å². The van der Waals surface area contributed by atoms with Crippen LogP contribution in [0.5, 0.6) is 5.75 Å².